The minimum Gasteiger partial charge on any atom is -0.357 e. The molecule has 4 aromatic rings. The van der Waals surface area contributed by atoms with Crippen molar-refractivity contribution in [3.63, 3.8) is 0 Å². The fraction of sp³-hybridized carbons (Fsp3) is 0.308. The van der Waals surface area contributed by atoms with E-state index >= 15 is 0 Å². The summed E-state index contributed by atoms with van der Waals surface area (Å²) in [7, 11) is 3.91. The Morgan fingerprint density at radius 1 is 1.03 bits per heavy atom. The molecule has 2 N–H and O–H groups in total. The predicted octanol–water partition coefficient (Wildman–Crippen LogP) is 5.42. The van der Waals surface area contributed by atoms with Gasteiger partial charge in [-0.3, -0.25) is 0 Å². The highest BCUT2D eigenvalue weighted by atomic mass is 15.2. The van der Waals surface area contributed by atoms with Crippen LogP contribution in [0.3, 0.4) is 0 Å². The van der Waals surface area contributed by atoms with Crippen LogP contribution < -0.4 is 10.2 Å². The molecule has 5 heteroatoms. The normalized spacial score (nSPS) is 16.8. The van der Waals surface area contributed by atoms with Crippen LogP contribution in [0.2, 0.25) is 0 Å². The fourth-order valence-electron chi connectivity index (χ4n) is 4.65. The second kappa shape index (κ2) is 8.16. The van der Waals surface area contributed by atoms with Crippen LogP contribution in [0.5, 0.6) is 0 Å². The van der Waals surface area contributed by atoms with Crippen molar-refractivity contribution in [1.29, 1.82) is 0 Å². The van der Waals surface area contributed by atoms with E-state index in [1.807, 2.05) is 31.4 Å². The first-order valence-electron chi connectivity index (χ1n) is 11.1. The molecule has 2 atom stereocenters. The van der Waals surface area contributed by atoms with E-state index in [-0.39, 0.29) is 0 Å². The molecule has 1 aliphatic carbocycles. The lowest BCUT2D eigenvalue weighted by Gasteiger charge is -2.27. The zero-order chi connectivity index (χ0) is 21.4. The van der Waals surface area contributed by atoms with Gasteiger partial charge in [-0.05, 0) is 55.0 Å². The van der Waals surface area contributed by atoms with Gasteiger partial charge in [-0.2, -0.15) is 0 Å². The highest BCUT2D eigenvalue weighted by Gasteiger charge is 2.25. The number of aromatic nitrogens is 3. The first-order chi connectivity index (χ1) is 15.1. The summed E-state index contributed by atoms with van der Waals surface area (Å²) in [6, 6.07) is 18.0. The van der Waals surface area contributed by atoms with Crippen LogP contribution in [-0.2, 0) is 6.42 Å². The van der Waals surface area contributed by atoms with Crippen LogP contribution in [0.15, 0.2) is 60.9 Å². The van der Waals surface area contributed by atoms with E-state index in [2.05, 4.69) is 75.7 Å². The molecule has 0 radical (unpaired) electrons. The minimum atomic E-state index is 0.312. The third-order valence-corrected chi connectivity index (χ3v) is 6.33. The lowest BCUT2D eigenvalue weighted by atomic mass is 9.90. The van der Waals surface area contributed by atoms with Crippen molar-refractivity contribution in [3.05, 3.63) is 77.7 Å². The van der Waals surface area contributed by atoms with E-state index in [0.717, 1.165) is 29.9 Å². The number of fused-ring (bicyclic) bond motifs is 3. The first-order valence-corrected chi connectivity index (χ1v) is 11.1. The van der Waals surface area contributed by atoms with E-state index in [9.17, 15) is 0 Å². The number of aromatic amines is 1. The highest BCUT2D eigenvalue weighted by Crippen LogP contribution is 2.37. The van der Waals surface area contributed by atoms with Crippen LogP contribution in [-0.4, -0.2) is 29.0 Å². The van der Waals surface area contributed by atoms with Gasteiger partial charge in [0.2, 0.25) is 5.95 Å². The van der Waals surface area contributed by atoms with E-state index in [0.29, 0.717) is 12.1 Å². The Morgan fingerprint density at radius 3 is 2.55 bits per heavy atom. The maximum Gasteiger partial charge on any atom is 0.224 e. The average Bonchev–Trinajstić information content (AvgIpc) is 3.19. The molecule has 31 heavy (non-hydrogen) atoms. The number of H-pyrrole nitrogens is 1. The van der Waals surface area contributed by atoms with Gasteiger partial charge in [-0.1, -0.05) is 36.4 Å². The molecule has 0 aliphatic heterocycles. The zero-order valence-electron chi connectivity index (χ0n) is 18.4. The van der Waals surface area contributed by atoms with Crippen LogP contribution in [0.25, 0.3) is 22.0 Å². The molecular weight excluding hydrogens is 382 g/mol. The number of rotatable bonds is 5. The molecule has 0 spiro atoms. The lowest BCUT2D eigenvalue weighted by molar-refractivity contribution is 0.410. The summed E-state index contributed by atoms with van der Waals surface area (Å²) in [5.41, 5.74) is 7.54. The topological polar surface area (TPSA) is 56.8 Å². The van der Waals surface area contributed by atoms with Crippen LogP contribution in [0.1, 0.15) is 48.7 Å². The summed E-state index contributed by atoms with van der Waals surface area (Å²) in [5.74, 6) is 0.727. The van der Waals surface area contributed by atoms with Crippen LogP contribution in [0, 0.1) is 0 Å². The van der Waals surface area contributed by atoms with Gasteiger partial charge in [0.25, 0.3) is 0 Å². The zero-order valence-corrected chi connectivity index (χ0v) is 18.4. The van der Waals surface area contributed by atoms with Crippen molar-refractivity contribution < 1.29 is 0 Å². The van der Waals surface area contributed by atoms with Crippen molar-refractivity contribution in [2.75, 3.05) is 19.0 Å². The van der Waals surface area contributed by atoms with Crippen molar-refractivity contribution in [2.24, 2.45) is 0 Å². The molecule has 0 fully saturated rings. The molecule has 2 aromatic heterocycles. The molecule has 2 unspecified atom stereocenters. The SMILES string of the molecule is CC(NC1CCCc2c1[nH]c1ccc(-c3cnc(N(C)C)nc3)cc21)c1ccccc1. The van der Waals surface area contributed by atoms with Gasteiger partial charge in [-0.15, -0.1) is 0 Å². The Morgan fingerprint density at radius 2 is 1.81 bits per heavy atom. The van der Waals surface area contributed by atoms with Crippen molar-refractivity contribution in [1.82, 2.24) is 20.3 Å². The quantitative estimate of drug-likeness (QED) is 0.460. The molecule has 2 heterocycles. The van der Waals surface area contributed by atoms with Crippen LogP contribution >= 0.6 is 0 Å². The molecule has 0 saturated heterocycles. The number of benzene rings is 2. The molecule has 2 aromatic carbocycles. The van der Waals surface area contributed by atoms with Gasteiger partial charge in [0, 0.05) is 60.7 Å². The number of anilines is 1. The summed E-state index contributed by atoms with van der Waals surface area (Å²) >= 11 is 0. The van der Waals surface area contributed by atoms with Crippen molar-refractivity contribution in [2.45, 2.75) is 38.3 Å². The maximum atomic E-state index is 4.48. The second-order valence-electron chi connectivity index (χ2n) is 8.69. The molecule has 0 amide bonds. The van der Waals surface area contributed by atoms with E-state index in [4.69, 9.17) is 0 Å². The Bertz CT molecular complexity index is 1180. The van der Waals surface area contributed by atoms with E-state index in [1.165, 1.54) is 34.1 Å². The average molecular weight is 412 g/mol. The van der Waals surface area contributed by atoms with Gasteiger partial charge in [0.15, 0.2) is 0 Å². The molecule has 0 bridgehead atoms. The third kappa shape index (κ3) is 3.81. The summed E-state index contributed by atoms with van der Waals surface area (Å²) in [5, 5.41) is 5.18. The van der Waals surface area contributed by atoms with Gasteiger partial charge in [0.05, 0.1) is 0 Å². The minimum absolute atomic E-state index is 0.312. The monoisotopic (exact) mass is 411 g/mol. The number of aryl methyl sites for hydroxylation is 1. The molecule has 5 nitrogen and oxygen atoms in total. The second-order valence-corrected chi connectivity index (χ2v) is 8.69. The lowest BCUT2D eigenvalue weighted by Crippen LogP contribution is -2.27. The highest BCUT2D eigenvalue weighted by molar-refractivity contribution is 5.89. The smallest absolute Gasteiger partial charge is 0.224 e. The molecule has 1 aliphatic rings. The number of hydrogen-bond donors (Lipinski definition) is 2. The summed E-state index contributed by atoms with van der Waals surface area (Å²) in [6.07, 6.45) is 7.30. The summed E-state index contributed by atoms with van der Waals surface area (Å²) < 4.78 is 0. The first kappa shape index (κ1) is 19.8. The fourth-order valence-corrected chi connectivity index (χ4v) is 4.65. The van der Waals surface area contributed by atoms with Crippen molar-refractivity contribution in [3.8, 4) is 11.1 Å². The predicted molar refractivity (Wildman–Crippen MR) is 127 cm³/mol. The summed E-state index contributed by atoms with van der Waals surface area (Å²) in [6.45, 7) is 2.25. The molecule has 158 valence electrons. The Labute approximate surface area is 183 Å². The largest absolute Gasteiger partial charge is 0.357 e. The standard InChI is InChI=1S/C26H29N5/c1-17(18-8-5-4-6-9-18)29-24-11-7-10-21-22-14-19(12-13-23(22)30-25(21)24)20-15-27-26(28-16-20)31(2)3/h4-6,8-9,12-17,24,29-30H,7,10-11H2,1-3H3. The molecule has 5 rings (SSSR count). The van der Waals surface area contributed by atoms with Gasteiger partial charge in [-0.25, -0.2) is 9.97 Å². The summed E-state index contributed by atoms with van der Waals surface area (Å²) in [4.78, 5) is 14.6. The third-order valence-electron chi connectivity index (χ3n) is 6.33. The molecule has 0 saturated carbocycles. The Kier molecular flexibility index (Phi) is 5.20. The van der Waals surface area contributed by atoms with Gasteiger partial charge >= 0.3 is 0 Å². The molecular formula is C26H29N5. The van der Waals surface area contributed by atoms with Crippen LogP contribution in [0.4, 0.5) is 5.95 Å². The van der Waals surface area contributed by atoms with E-state index < -0.39 is 0 Å². The van der Waals surface area contributed by atoms with E-state index in [1.54, 1.807) is 0 Å². The number of nitrogens with zero attached hydrogens (tertiary/aromatic N) is 3. The van der Waals surface area contributed by atoms with Gasteiger partial charge in [0.1, 0.15) is 0 Å². The number of hydrogen-bond acceptors (Lipinski definition) is 4. The Balaban J connectivity index is 1.46. The Hall–Kier alpha value is -3.18. The van der Waals surface area contributed by atoms with Gasteiger partial charge < -0.3 is 15.2 Å². The van der Waals surface area contributed by atoms with Crippen molar-refractivity contribution >= 4 is 16.9 Å². The maximum absolute atomic E-state index is 4.48. The number of nitrogens with one attached hydrogen (secondary N) is 2.